The molecule has 10 heteroatoms. The summed E-state index contributed by atoms with van der Waals surface area (Å²) in [4.78, 5) is 28.2. The number of carbonyl (C=O) groups is 2. The fourth-order valence-electron chi connectivity index (χ4n) is 3.94. The van der Waals surface area contributed by atoms with Crippen molar-refractivity contribution in [2.24, 2.45) is 7.05 Å². The molecule has 8 nitrogen and oxygen atoms in total. The molecule has 0 aliphatic carbocycles. The topological polar surface area (TPSA) is 88.9 Å². The number of esters is 1. The van der Waals surface area contributed by atoms with E-state index in [1.807, 2.05) is 36.0 Å². The molecule has 0 bridgehead atoms. The maximum absolute atomic E-state index is 14.9. The maximum Gasteiger partial charge on any atom is 0.337 e. The summed E-state index contributed by atoms with van der Waals surface area (Å²) in [7, 11) is -0.0674. The number of urea groups is 1. The van der Waals surface area contributed by atoms with Gasteiger partial charge in [0.1, 0.15) is 5.82 Å². The summed E-state index contributed by atoms with van der Waals surface area (Å²) >= 11 is 0. The number of sulfone groups is 1. The number of halogens is 1. The third-order valence-corrected chi connectivity index (χ3v) is 7.45. The van der Waals surface area contributed by atoms with Crippen molar-refractivity contribution in [3.05, 3.63) is 65.6 Å². The molecule has 174 valence electrons. The molecule has 1 aromatic heterocycles. The Balaban J connectivity index is 1.73. The van der Waals surface area contributed by atoms with Gasteiger partial charge in [0.05, 0.1) is 36.4 Å². The number of hydrogen-bond acceptors (Lipinski definition) is 5. The first kappa shape index (κ1) is 22.8. The van der Waals surface area contributed by atoms with Crippen molar-refractivity contribution < 1.29 is 27.1 Å². The Morgan fingerprint density at radius 2 is 1.85 bits per heavy atom. The summed E-state index contributed by atoms with van der Waals surface area (Å²) in [5.41, 5.74) is 1.77. The smallest absolute Gasteiger partial charge is 0.337 e. The van der Waals surface area contributed by atoms with Gasteiger partial charge in [0.25, 0.3) is 0 Å². The van der Waals surface area contributed by atoms with E-state index >= 15 is 0 Å². The van der Waals surface area contributed by atoms with Crippen LogP contribution in [0.15, 0.2) is 48.7 Å². The molecular formula is C23H24FN3O5S. The molecule has 1 aliphatic rings. The Hall–Kier alpha value is -3.40. The van der Waals surface area contributed by atoms with Crippen molar-refractivity contribution in [1.82, 2.24) is 9.47 Å². The van der Waals surface area contributed by atoms with Gasteiger partial charge in [-0.3, -0.25) is 4.90 Å². The Bertz CT molecular complexity index is 1320. The molecule has 1 aliphatic heterocycles. The number of fused-ring (bicyclic) bond motifs is 1. The molecule has 0 unspecified atom stereocenters. The number of rotatable bonds is 4. The van der Waals surface area contributed by atoms with Crippen molar-refractivity contribution in [2.75, 3.05) is 36.6 Å². The third kappa shape index (κ3) is 4.56. The molecule has 3 aromatic rings. The van der Waals surface area contributed by atoms with Gasteiger partial charge in [0.2, 0.25) is 0 Å². The number of anilines is 1. The van der Waals surface area contributed by atoms with Crippen molar-refractivity contribution in [3.8, 4) is 0 Å². The van der Waals surface area contributed by atoms with Crippen LogP contribution >= 0.6 is 0 Å². The number of ether oxygens (including phenoxy) is 1. The van der Waals surface area contributed by atoms with Crippen molar-refractivity contribution in [2.45, 2.75) is 6.54 Å². The molecule has 1 saturated heterocycles. The highest BCUT2D eigenvalue weighted by molar-refractivity contribution is 7.91. The zero-order valence-electron chi connectivity index (χ0n) is 18.3. The second kappa shape index (κ2) is 8.86. The average Bonchev–Trinajstić information content (AvgIpc) is 3.18. The predicted molar refractivity (Wildman–Crippen MR) is 122 cm³/mol. The van der Waals surface area contributed by atoms with Gasteiger partial charge < -0.3 is 14.2 Å². The standard InChI is InChI=1S/C23H24FN3O5S/c1-25-9-8-18-20(25)4-3-5-21(18)27(23(29)26-10-12-33(30,31)13-11-26)15-17-7-6-16(14-19(17)24)22(28)32-2/h3-9,14H,10-13,15H2,1-2H3. The number of hydrogen-bond donors (Lipinski definition) is 0. The number of aryl methyl sites for hydroxylation is 1. The minimum absolute atomic E-state index is 0.0722. The molecule has 0 atom stereocenters. The number of nitrogens with zero attached hydrogens (tertiary/aromatic N) is 3. The van der Waals surface area contributed by atoms with E-state index in [1.165, 1.54) is 29.0 Å². The second-order valence-corrected chi connectivity index (χ2v) is 10.2. The van der Waals surface area contributed by atoms with E-state index in [2.05, 4.69) is 4.74 Å². The fraction of sp³-hybridized carbons (Fsp3) is 0.304. The summed E-state index contributed by atoms with van der Waals surface area (Å²) in [5.74, 6) is -1.51. The molecule has 2 aromatic carbocycles. The van der Waals surface area contributed by atoms with E-state index in [0.717, 1.165) is 17.0 Å². The molecule has 2 amide bonds. The van der Waals surface area contributed by atoms with Crippen LogP contribution in [0.5, 0.6) is 0 Å². The van der Waals surface area contributed by atoms with E-state index in [4.69, 9.17) is 0 Å². The quantitative estimate of drug-likeness (QED) is 0.544. The van der Waals surface area contributed by atoms with E-state index in [-0.39, 0.29) is 42.3 Å². The molecule has 4 rings (SSSR count). The van der Waals surface area contributed by atoms with Gasteiger partial charge in [0, 0.05) is 42.8 Å². The molecule has 1 fully saturated rings. The average molecular weight is 474 g/mol. The predicted octanol–water partition coefficient (Wildman–Crippen LogP) is 2.96. The summed E-state index contributed by atoms with van der Waals surface area (Å²) in [6.45, 7) is 0.0573. The lowest BCUT2D eigenvalue weighted by molar-refractivity contribution is 0.0600. The largest absolute Gasteiger partial charge is 0.465 e. The van der Waals surface area contributed by atoms with Gasteiger partial charge in [-0.15, -0.1) is 0 Å². The van der Waals surface area contributed by atoms with E-state index in [0.29, 0.717) is 5.69 Å². The Kier molecular flexibility index (Phi) is 6.11. The zero-order chi connectivity index (χ0) is 23.8. The minimum atomic E-state index is -3.17. The van der Waals surface area contributed by atoms with Crippen LogP contribution in [0.3, 0.4) is 0 Å². The molecule has 2 heterocycles. The summed E-state index contributed by atoms with van der Waals surface area (Å²) in [6.07, 6.45) is 1.87. The normalized spacial score (nSPS) is 15.4. The highest BCUT2D eigenvalue weighted by Gasteiger charge is 2.30. The fourth-order valence-corrected chi connectivity index (χ4v) is 5.14. The van der Waals surface area contributed by atoms with Crippen LogP contribution < -0.4 is 4.90 Å². The molecule has 33 heavy (non-hydrogen) atoms. The highest BCUT2D eigenvalue weighted by Crippen LogP contribution is 2.30. The lowest BCUT2D eigenvalue weighted by Crippen LogP contribution is -2.49. The monoisotopic (exact) mass is 473 g/mol. The minimum Gasteiger partial charge on any atom is -0.465 e. The number of methoxy groups -OCH3 is 1. The van der Waals surface area contributed by atoms with Gasteiger partial charge in [-0.2, -0.15) is 0 Å². The Labute approximate surface area is 191 Å². The van der Waals surface area contributed by atoms with Gasteiger partial charge >= 0.3 is 12.0 Å². The van der Waals surface area contributed by atoms with Crippen molar-refractivity contribution in [3.63, 3.8) is 0 Å². The zero-order valence-corrected chi connectivity index (χ0v) is 19.1. The highest BCUT2D eigenvalue weighted by atomic mass is 32.2. The van der Waals surface area contributed by atoms with Crippen molar-refractivity contribution in [1.29, 1.82) is 0 Å². The lowest BCUT2D eigenvalue weighted by Gasteiger charge is -2.33. The maximum atomic E-state index is 14.9. The van der Waals surface area contributed by atoms with Gasteiger partial charge in [-0.05, 0) is 30.3 Å². The van der Waals surface area contributed by atoms with Crippen LogP contribution in [-0.2, 0) is 28.2 Å². The summed E-state index contributed by atoms with van der Waals surface area (Å²) < 4.78 is 45.1. The van der Waals surface area contributed by atoms with E-state index in [9.17, 15) is 22.4 Å². The van der Waals surface area contributed by atoms with Gasteiger partial charge in [-0.25, -0.2) is 22.4 Å². The summed E-state index contributed by atoms with van der Waals surface area (Å²) in [6, 6.07) is 11.0. The molecule has 0 N–H and O–H groups in total. The summed E-state index contributed by atoms with van der Waals surface area (Å²) in [5, 5.41) is 0.810. The van der Waals surface area contributed by atoms with E-state index < -0.39 is 27.7 Å². The van der Waals surface area contributed by atoms with Gasteiger partial charge in [0.15, 0.2) is 9.84 Å². The second-order valence-electron chi connectivity index (χ2n) is 7.94. The molecule has 0 saturated carbocycles. The molecule has 0 spiro atoms. The van der Waals surface area contributed by atoms with Gasteiger partial charge in [-0.1, -0.05) is 12.1 Å². The molecule has 0 radical (unpaired) electrons. The lowest BCUT2D eigenvalue weighted by atomic mass is 10.1. The molecular weight excluding hydrogens is 449 g/mol. The van der Waals surface area contributed by atoms with Crippen LogP contribution in [-0.4, -0.2) is 61.6 Å². The number of benzene rings is 2. The SMILES string of the molecule is COC(=O)c1ccc(CN(C(=O)N2CCS(=O)(=O)CC2)c2cccc3c2ccn3C)c(F)c1. The van der Waals surface area contributed by atoms with E-state index in [1.54, 1.807) is 6.07 Å². The third-order valence-electron chi connectivity index (χ3n) is 5.84. The van der Waals surface area contributed by atoms with Crippen molar-refractivity contribution >= 4 is 38.4 Å². The Morgan fingerprint density at radius 1 is 1.12 bits per heavy atom. The first-order chi connectivity index (χ1) is 15.7. The van der Waals surface area contributed by atoms with Crippen LogP contribution in [0, 0.1) is 5.82 Å². The van der Waals surface area contributed by atoms with Crippen LogP contribution in [0.25, 0.3) is 10.9 Å². The van der Waals surface area contributed by atoms with Crippen LogP contribution in [0.4, 0.5) is 14.9 Å². The first-order valence-corrected chi connectivity index (χ1v) is 12.2. The number of amides is 2. The first-order valence-electron chi connectivity index (χ1n) is 10.4. The number of carbonyl (C=O) groups excluding carboxylic acids is 2. The Morgan fingerprint density at radius 3 is 2.52 bits per heavy atom. The van der Waals surface area contributed by atoms with Crippen LogP contribution in [0.2, 0.25) is 0 Å². The number of aromatic nitrogens is 1. The van der Waals surface area contributed by atoms with Crippen LogP contribution in [0.1, 0.15) is 15.9 Å².